The molecule has 88 valence electrons. The Morgan fingerprint density at radius 1 is 1.18 bits per heavy atom. The van der Waals surface area contributed by atoms with Crippen molar-refractivity contribution in [3.8, 4) is 11.8 Å². The molecule has 0 bridgehead atoms. The normalized spacial score (nSPS) is 26.6. The molecule has 0 saturated carbocycles. The first kappa shape index (κ1) is 13.4. The smallest absolute Gasteiger partial charge is 0.0802 e. The van der Waals surface area contributed by atoms with Crippen molar-refractivity contribution in [3.05, 3.63) is 47.9 Å². The molecule has 0 aromatic rings. The lowest BCUT2D eigenvalue weighted by Crippen LogP contribution is -2.41. The second-order valence-electron chi connectivity index (χ2n) is 3.93. The van der Waals surface area contributed by atoms with Crippen molar-refractivity contribution in [2.45, 2.75) is 32.9 Å². The van der Waals surface area contributed by atoms with Crippen molar-refractivity contribution in [1.82, 2.24) is 5.32 Å². The summed E-state index contributed by atoms with van der Waals surface area (Å²) in [5, 5.41) is 3.45. The van der Waals surface area contributed by atoms with E-state index >= 15 is 0 Å². The minimum atomic E-state index is 0.150. The van der Waals surface area contributed by atoms with Crippen molar-refractivity contribution in [3.63, 3.8) is 0 Å². The zero-order valence-corrected chi connectivity index (χ0v) is 10.7. The van der Waals surface area contributed by atoms with Gasteiger partial charge in [0.2, 0.25) is 0 Å². The minimum absolute atomic E-state index is 0.150. The molecule has 0 fully saturated rings. The van der Waals surface area contributed by atoms with Gasteiger partial charge in [0.25, 0.3) is 0 Å². The van der Waals surface area contributed by atoms with Gasteiger partial charge in [-0.1, -0.05) is 41.5 Å². The summed E-state index contributed by atoms with van der Waals surface area (Å²) in [6.07, 6.45) is 12.0. The monoisotopic (exact) mass is 225 g/mol. The third-order valence-corrected chi connectivity index (χ3v) is 2.44. The molecule has 0 spiro atoms. The molecule has 1 aliphatic heterocycles. The van der Waals surface area contributed by atoms with Crippen molar-refractivity contribution < 1.29 is 0 Å². The van der Waals surface area contributed by atoms with Crippen LogP contribution in [0, 0.1) is 17.8 Å². The zero-order valence-electron chi connectivity index (χ0n) is 10.7. The molecule has 3 unspecified atom stereocenters. The van der Waals surface area contributed by atoms with Gasteiger partial charge in [0.05, 0.1) is 6.04 Å². The molecule has 1 aliphatic rings. The van der Waals surface area contributed by atoms with Gasteiger partial charge in [-0.2, -0.15) is 0 Å². The molecular weight excluding hydrogens is 206 g/mol. The fourth-order valence-electron chi connectivity index (χ4n) is 1.59. The fourth-order valence-corrected chi connectivity index (χ4v) is 1.59. The first-order valence-electron chi connectivity index (χ1n) is 5.96. The van der Waals surface area contributed by atoms with Gasteiger partial charge < -0.3 is 0 Å². The molecule has 17 heavy (non-hydrogen) atoms. The maximum Gasteiger partial charge on any atom is 0.0802 e. The van der Waals surface area contributed by atoms with Crippen LogP contribution in [0.3, 0.4) is 0 Å². The highest BCUT2D eigenvalue weighted by molar-refractivity contribution is 5.25. The Hall–Kier alpha value is -1.70. The third-order valence-electron chi connectivity index (χ3n) is 2.44. The van der Waals surface area contributed by atoms with Gasteiger partial charge in [0.1, 0.15) is 0 Å². The Morgan fingerprint density at radius 2 is 2.00 bits per heavy atom. The SMILES string of the molecule is CC=C=C=CC1C=CC(C)NC1C#C/C=C\C. The summed E-state index contributed by atoms with van der Waals surface area (Å²) in [7, 11) is 0. The summed E-state index contributed by atoms with van der Waals surface area (Å²) in [5.41, 5.74) is 5.97. The van der Waals surface area contributed by atoms with E-state index in [1.165, 1.54) is 0 Å². The van der Waals surface area contributed by atoms with Crippen molar-refractivity contribution in [2.75, 3.05) is 0 Å². The second-order valence-corrected chi connectivity index (χ2v) is 3.93. The third kappa shape index (κ3) is 4.77. The highest BCUT2D eigenvalue weighted by Gasteiger charge is 2.19. The second kappa shape index (κ2) is 7.55. The number of nitrogens with one attached hydrogen (secondary N) is 1. The summed E-state index contributed by atoms with van der Waals surface area (Å²) in [6.45, 7) is 6.03. The molecule has 1 N–H and O–H groups in total. The Morgan fingerprint density at radius 3 is 2.71 bits per heavy atom. The molecule has 0 aromatic carbocycles. The lowest BCUT2D eigenvalue weighted by Gasteiger charge is -2.25. The van der Waals surface area contributed by atoms with E-state index in [4.69, 9.17) is 0 Å². The van der Waals surface area contributed by atoms with Crippen LogP contribution >= 0.6 is 0 Å². The van der Waals surface area contributed by atoms with Gasteiger partial charge in [-0.05, 0) is 39.0 Å². The first-order chi connectivity index (χ1) is 8.27. The topological polar surface area (TPSA) is 12.0 Å². The van der Waals surface area contributed by atoms with E-state index in [0.29, 0.717) is 6.04 Å². The summed E-state index contributed by atoms with van der Waals surface area (Å²) >= 11 is 0. The average Bonchev–Trinajstić information content (AvgIpc) is 2.32. The molecule has 1 heterocycles. The maximum atomic E-state index is 3.45. The molecule has 0 saturated heterocycles. The van der Waals surface area contributed by atoms with Crippen LogP contribution in [0.15, 0.2) is 47.9 Å². The van der Waals surface area contributed by atoms with Crippen LogP contribution in [0.4, 0.5) is 0 Å². The summed E-state index contributed by atoms with van der Waals surface area (Å²) in [6, 6.07) is 0.521. The zero-order chi connectivity index (χ0) is 12.5. The molecular formula is C16H19N. The van der Waals surface area contributed by atoms with E-state index in [-0.39, 0.29) is 12.0 Å². The van der Waals surface area contributed by atoms with E-state index in [1.54, 1.807) is 0 Å². The molecule has 3 atom stereocenters. The Kier molecular flexibility index (Phi) is 5.94. The number of allylic oxidation sites excluding steroid dienone is 3. The van der Waals surface area contributed by atoms with Crippen molar-refractivity contribution >= 4 is 0 Å². The molecule has 0 aliphatic carbocycles. The lowest BCUT2D eigenvalue weighted by atomic mass is 9.94. The summed E-state index contributed by atoms with van der Waals surface area (Å²) < 4.78 is 0. The Balaban J connectivity index is 2.88. The summed E-state index contributed by atoms with van der Waals surface area (Å²) in [5.74, 6) is 6.52. The van der Waals surface area contributed by atoms with Crippen LogP contribution in [0.2, 0.25) is 0 Å². The standard InChI is InChI=1S/C16H19N/c1-4-6-8-10-15-13-12-14(3)17-16(15)11-9-7-5-2/h4-5,7,10,12-17H,1-3H3/b7-5-,10-4?. The predicted octanol–water partition coefficient (Wildman–Crippen LogP) is 2.98. The first-order valence-corrected chi connectivity index (χ1v) is 5.96. The van der Waals surface area contributed by atoms with Crippen LogP contribution in [-0.4, -0.2) is 12.1 Å². The number of hydrogen-bond donors (Lipinski definition) is 1. The van der Waals surface area contributed by atoms with Gasteiger partial charge in [-0.3, -0.25) is 5.32 Å². The van der Waals surface area contributed by atoms with Gasteiger partial charge in [-0.25, -0.2) is 0 Å². The minimum Gasteiger partial charge on any atom is -0.297 e. The highest BCUT2D eigenvalue weighted by atomic mass is 14.9. The van der Waals surface area contributed by atoms with Gasteiger partial charge in [0.15, 0.2) is 0 Å². The fraction of sp³-hybridized carbons (Fsp3) is 0.375. The quantitative estimate of drug-likeness (QED) is 0.411. The van der Waals surface area contributed by atoms with Crippen LogP contribution in [0.1, 0.15) is 20.8 Å². The summed E-state index contributed by atoms with van der Waals surface area (Å²) in [4.78, 5) is 0. The van der Waals surface area contributed by atoms with E-state index < -0.39 is 0 Å². The molecule has 0 radical (unpaired) electrons. The maximum absolute atomic E-state index is 3.45. The Bertz CT molecular complexity index is 444. The lowest BCUT2D eigenvalue weighted by molar-refractivity contribution is 0.489. The molecule has 0 aromatic heterocycles. The van der Waals surface area contributed by atoms with E-state index in [1.807, 2.05) is 38.2 Å². The van der Waals surface area contributed by atoms with Crippen LogP contribution in [0.25, 0.3) is 0 Å². The Labute approximate surface area is 104 Å². The van der Waals surface area contributed by atoms with Crippen LogP contribution in [0.5, 0.6) is 0 Å². The van der Waals surface area contributed by atoms with Gasteiger partial charge in [0, 0.05) is 12.0 Å². The predicted molar refractivity (Wildman–Crippen MR) is 73.4 cm³/mol. The van der Waals surface area contributed by atoms with Gasteiger partial charge >= 0.3 is 0 Å². The highest BCUT2D eigenvalue weighted by Crippen LogP contribution is 2.13. The number of rotatable bonds is 1. The van der Waals surface area contributed by atoms with E-state index in [9.17, 15) is 0 Å². The molecule has 1 nitrogen and oxygen atoms in total. The largest absolute Gasteiger partial charge is 0.297 e. The van der Waals surface area contributed by atoms with E-state index in [0.717, 1.165) is 0 Å². The van der Waals surface area contributed by atoms with Crippen LogP contribution < -0.4 is 5.32 Å². The molecule has 1 heteroatoms. The molecule has 0 amide bonds. The van der Waals surface area contributed by atoms with Crippen molar-refractivity contribution in [2.24, 2.45) is 5.92 Å². The van der Waals surface area contributed by atoms with E-state index in [2.05, 4.69) is 47.7 Å². The van der Waals surface area contributed by atoms with Gasteiger partial charge in [-0.15, -0.1) is 0 Å². The van der Waals surface area contributed by atoms with Crippen molar-refractivity contribution in [1.29, 1.82) is 0 Å². The van der Waals surface area contributed by atoms with Crippen LogP contribution in [-0.2, 0) is 0 Å². The molecule has 1 rings (SSSR count). The average molecular weight is 225 g/mol. The number of hydrogen-bond acceptors (Lipinski definition) is 1.